The molecular formula is C18H28BrN3. The number of likely N-dealkylation sites (N-methyl/N-ethyl adjacent to an activating group) is 1. The summed E-state index contributed by atoms with van der Waals surface area (Å²) in [5, 5.41) is 0. The zero-order chi connectivity index (χ0) is 15.4. The normalized spacial score (nSPS) is 25.5. The third-order valence-electron chi connectivity index (χ3n) is 5.15. The van der Waals surface area contributed by atoms with Crippen LogP contribution in [0.5, 0.6) is 0 Å². The van der Waals surface area contributed by atoms with Crippen LogP contribution >= 0.6 is 15.9 Å². The van der Waals surface area contributed by atoms with Gasteiger partial charge in [-0.1, -0.05) is 34.5 Å². The van der Waals surface area contributed by atoms with Gasteiger partial charge in [-0.15, -0.1) is 0 Å². The largest absolute Gasteiger partial charge is 0.302 e. The smallest absolute Gasteiger partial charge is 0.0235 e. The third-order valence-corrected chi connectivity index (χ3v) is 5.64. The number of hydrogen-bond donors (Lipinski definition) is 0. The highest BCUT2D eigenvalue weighted by atomic mass is 79.9. The summed E-state index contributed by atoms with van der Waals surface area (Å²) in [6.07, 6.45) is 4.18. The summed E-state index contributed by atoms with van der Waals surface area (Å²) in [6, 6.07) is 9.49. The Morgan fingerprint density at radius 1 is 1.05 bits per heavy atom. The molecule has 2 saturated heterocycles. The number of hydrogen-bond acceptors (Lipinski definition) is 3. The molecule has 0 aromatic heterocycles. The van der Waals surface area contributed by atoms with Crippen LogP contribution in [0.4, 0.5) is 0 Å². The van der Waals surface area contributed by atoms with Gasteiger partial charge in [0, 0.05) is 49.8 Å². The second-order valence-corrected chi connectivity index (χ2v) is 7.75. The van der Waals surface area contributed by atoms with Crippen LogP contribution in [0.2, 0.25) is 0 Å². The van der Waals surface area contributed by atoms with E-state index in [1.54, 1.807) is 0 Å². The van der Waals surface area contributed by atoms with Crippen molar-refractivity contribution in [1.82, 2.24) is 14.7 Å². The van der Waals surface area contributed by atoms with Crippen LogP contribution in [-0.2, 0) is 6.54 Å². The maximum absolute atomic E-state index is 3.57. The highest BCUT2D eigenvalue weighted by Crippen LogP contribution is 2.18. The minimum Gasteiger partial charge on any atom is -0.302 e. The average Bonchev–Trinajstić information content (AvgIpc) is 2.52. The fraction of sp³-hybridized carbons (Fsp3) is 0.667. The topological polar surface area (TPSA) is 9.72 Å². The Morgan fingerprint density at radius 2 is 1.82 bits per heavy atom. The van der Waals surface area contributed by atoms with Crippen molar-refractivity contribution in [3.05, 3.63) is 34.3 Å². The van der Waals surface area contributed by atoms with Crippen LogP contribution < -0.4 is 0 Å². The highest BCUT2D eigenvalue weighted by Gasteiger charge is 2.24. The molecule has 2 heterocycles. The summed E-state index contributed by atoms with van der Waals surface area (Å²) in [7, 11) is 2.30. The predicted octanol–water partition coefficient (Wildman–Crippen LogP) is 3.05. The summed E-state index contributed by atoms with van der Waals surface area (Å²) < 4.78 is 1.18. The van der Waals surface area contributed by atoms with E-state index in [4.69, 9.17) is 0 Å². The van der Waals surface area contributed by atoms with Gasteiger partial charge in [-0.25, -0.2) is 0 Å². The Hall–Kier alpha value is -0.420. The van der Waals surface area contributed by atoms with E-state index in [-0.39, 0.29) is 0 Å². The van der Waals surface area contributed by atoms with E-state index in [1.807, 2.05) is 0 Å². The van der Waals surface area contributed by atoms with Gasteiger partial charge in [0.25, 0.3) is 0 Å². The molecule has 2 aliphatic heterocycles. The van der Waals surface area contributed by atoms with Crippen molar-refractivity contribution in [3.8, 4) is 0 Å². The fourth-order valence-electron chi connectivity index (χ4n) is 3.70. The van der Waals surface area contributed by atoms with Crippen LogP contribution in [0.25, 0.3) is 0 Å². The maximum Gasteiger partial charge on any atom is 0.0235 e. The molecule has 1 unspecified atom stereocenters. The molecule has 0 amide bonds. The second-order valence-electron chi connectivity index (χ2n) is 6.84. The standard InChI is InChI=1S/C18H28BrN3/c1-20-8-3-2-7-18(20)15-22-11-9-21(10-12-22)14-16-5-4-6-17(19)13-16/h4-6,13,18H,2-3,7-12,14-15H2,1H3. The number of rotatable bonds is 4. The summed E-state index contributed by atoms with van der Waals surface area (Å²) in [5.74, 6) is 0. The molecule has 22 heavy (non-hydrogen) atoms. The lowest BCUT2D eigenvalue weighted by Gasteiger charge is -2.40. The van der Waals surface area contributed by atoms with Crippen molar-refractivity contribution in [2.75, 3.05) is 46.3 Å². The number of nitrogens with zero attached hydrogens (tertiary/aromatic N) is 3. The molecule has 0 spiro atoms. The van der Waals surface area contributed by atoms with Gasteiger partial charge in [-0.2, -0.15) is 0 Å². The second kappa shape index (κ2) is 7.91. The lowest BCUT2D eigenvalue weighted by Crippen LogP contribution is -2.51. The van der Waals surface area contributed by atoms with Gasteiger partial charge < -0.3 is 4.90 Å². The number of benzene rings is 1. The molecule has 122 valence electrons. The number of piperidine rings is 1. The fourth-order valence-corrected chi connectivity index (χ4v) is 4.14. The van der Waals surface area contributed by atoms with Gasteiger partial charge in [-0.05, 0) is 44.1 Å². The van der Waals surface area contributed by atoms with Gasteiger partial charge in [0.05, 0.1) is 0 Å². The first-order valence-corrected chi connectivity index (χ1v) is 9.39. The monoisotopic (exact) mass is 365 g/mol. The van der Waals surface area contributed by atoms with Crippen LogP contribution in [0.3, 0.4) is 0 Å². The number of likely N-dealkylation sites (tertiary alicyclic amines) is 1. The number of piperazine rings is 1. The Balaban J connectivity index is 1.44. The van der Waals surface area contributed by atoms with Crippen molar-refractivity contribution in [2.45, 2.75) is 31.8 Å². The van der Waals surface area contributed by atoms with E-state index in [2.05, 4.69) is 61.9 Å². The van der Waals surface area contributed by atoms with Gasteiger partial charge in [0.1, 0.15) is 0 Å². The molecular weight excluding hydrogens is 338 g/mol. The van der Waals surface area contributed by atoms with Gasteiger partial charge in [0.2, 0.25) is 0 Å². The summed E-state index contributed by atoms with van der Waals surface area (Å²) in [6.45, 7) is 8.47. The van der Waals surface area contributed by atoms with Crippen LogP contribution in [0.15, 0.2) is 28.7 Å². The third kappa shape index (κ3) is 4.54. The zero-order valence-corrected chi connectivity index (χ0v) is 15.3. The molecule has 0 aliphatic carbocycles. The SMILES string of the molecule is CN1CCCCC1CN1CCN(Cc2cccc(Br)c2)CC1. The van der Waals surface area contributed by atoms with E-state index in [1.165, 1.54) is 68.6 Å². The van der Waals surface area contributed by atoms with Crippen molar-refractivity contribution < 1.29 is 0 Å². The summed E-state index contributed by atoms with van der Waals surface area (Å²) >= 11 is 3.57. The minimum absolute atomic E-state index is 0.783. The van der Waals surface area contributed by atoms with Crippen molar-refractivity contribution in [3.63, 3.8) is 0 Å². The Morgan fingerprint density at radius 3 is 2.55 bits per heavy atom. The molecule has 1 aromatic rings. The van der Waals surface area contributed by atoms with E-state index >= 15 is 0 Å². The molecule has 3 rings (SSSR count). The quantitative estimate of drug-likeness (QED) is 0.811. The molecule has 0 radical (unpaired) electrons. The summed E-state index contributed by atoms with van der Waals surface area (Å²) in [4.78, 5) is 7.82. The Bertz CT molecular complexity index is 471. The molecule has 0 bridgehead atoms. The van der Waals surface area contributed by atoms with Crippen LogP contribution in [-0.4, -0.2) is 67.1 Å². The number of halogens is 1. The zero-order valence-electron chi connectivity index (χ0n) is 13.7. The van der Waals surface area contributed by atoms with Gasteiger partial charge >= 0.3 is 0 Å². The van der Waals surface area contributed by atoms with E-state index < -0.39 is 0 Å². The highest BCUT2D eigenvalue weighted by molar-refractivity contribution is 9.10. The van der Waals surface area contributed by atoms with E-state index in [9.17, 15) is 0 Å². The molecule has 1 aromatic carbocycles. The first-order valence-electron chi connectivity index (χ1n) is 8.60. The van der Waals surface area contributed by atoms with Crippen molar-refractivity contribution in [1.29, 1.82) is 0 Å². The molecule has 2 fully saturated rings. The van der Waals surface area contributed by atoms with Crippen LogP contribution in [0.1, 0.15) is 24.8 Å². The first kappa shape index (κ1) is 16.4. The maximum atomic E-state index is 3.57. The molecule has 1 atom stereocenters. The molecule has 0 saturated carbocycles. The molecule has 2 aliphatic rings. The predicted molar refractivity (Wildman–Crippen MR) is 96.1 cm³/mol. The van der Waals surface area contributed by atoms with E-state index in [0.717, 1.165) is 12.6 Å². The average molecular weight is 366 g/mol. The minimum atomic E-state index is 0.783. The lowest BCUT2D eigenvalue weighted by molar-refractivity contribution is 0.0818. The molecule has 3 nitrogen and oxygen atoms in total. The van der Waals surface area contributed by atoms with Gasteiger partial charge in [-0.3, -0.25) is 9.80 Å². The Kier molecular flexibility index (Phi) is 5.91. The summed E-state index contributed by atoms with van der Waals surface area (Å²) in [5.41, 5.74) is 1.41. The lowest BCUT2D eigenvalue weighted by atomic mass is 10.0. The first-order chi connectivity index (χ1) is 10.7. The molecule has 0 N–H and O–H groups in total. The van der Waals surface area contributed by atoms with Gasteiger partial charge in [0.15, 0.2) is 0 Å². The van der Waals surface area contributed by atoms with Crippen LogP contribution in [0, 0.1) is 0 Å². The van der Waals surface area contributed by atoms with Crippen molar-refractivity contribution in [2.24, 2.45) is 0 Å². The van der Waals surface area contributed by atoms with E-state index in [0.29, 0.717) is 0 Å². The molecule has 4 heteroatoms. The van der Waals surface area contributed by atoms with Crippen molar-refractivity contribution >= 4 is 15.9 Å². The Labute approximate surface area is 143 Å².